The molecule has 7 heteroatoms. The second kappa shape index (κ2) is 5.50. The summed E-state index contributed by atoms with van der Waals surface area (Å²) in [6.07, 6.45) is 0. The van der Waals surface area contributed by atoms with Crippen LogP contribution in [-0.2, 0) is 9.54 Å². The Morgan fingerprint density at radius 2 is 1.73 bits per heavy atom. The summed E-state index contributed by atoms with van der Waals surface area (Å²) in [5.74, 6) is 0.279. The van der Waals surface area contributed by atoms with Gasteiger partial charge in [-0.1, -0.05) is 72.4 Å². The molecule has 3 saturated heterocycles. The van der Waals surface area contributed by atoms with E-state index in [0.29, 0.717) is 6.54 Å². The summed E-state index contributed by atoms with van der Waals surface area (Å²) in [4.78, 5) is 27.4. The standard InChI is InChI=1S/C19H16N2O3S2/c22-17-18(14-9-5-2-6-10-14)15(13-7-3-1-4-8-13)16(21(23)24)19(26-18)20(17)11-12-25-19/h1-10,15-16H,11-12H2/t15-,16-,18-,19+/m1/s1. The fourth-order valence-electron chi connectivity index (χ4n) is 4.63. The lowest BCUT2D eigenvalue weighted by Crippen LogP contribution is -2.59. The third kappa shape index (κ3) is 1.82. The molecule has 2 aromatic rings. The van der Waals surface area contributed by atoms with Crippen molar-refractivity contribution in [2.24, 2.45) is 0 Å². The summed E-state index contributed by atoms with van der Waals surface area (Å²) in [6, 6.07) is 18.3. The molecular weight excluding hydrogens is 368 g/mol. The van der Waals surface area contributed by atoms with Crippen LogP contribution in [0.5, 0.6) is 0 Å². The summed E-state index contributed by atoms with van der Waals surface area (Å²) in [5.41, 5.74) is 1.73. The summed E-state index contributed by atoms with van der Waals surface area (Å²) < 4.78 is -1.75. The van der Waals surface area contributed by atoms with E-state index in [1.807, 2.05) is 60.7 Å². The molecule has 3 aliphatic rings. The molecule has 1 amide bonds. The normalized spacial score (nSPS) is 34.9. The van der Waals surface area contributed by atoms with Gasteiger partial charge in [-0.3, -0.25) is 14.9 Å². The molecule has 0 N–H and O–H groups in total. The largest absolute Gasteiger partial charge is 0.311 e. The number of amides is 1. The number of rotatable bonds is 3. The number of carbonyl (C=O) groups excluding carboxylic acids is 1. The summed E-state index contributed by atoms with van der Waals surface area (Å²) in [5, 5.41) is 12.2. The van der Waals surface area contributed by atoms with Gasteiger partial charge in [0.2, 0.25) is 10.1 Å². The predicted molar refractivity (Wildman–Crippen MR) is 103 cm³/mol. The zero-order valence-corrected chi connectivity index (χ0v) is 15.4. The van der Waals surface area contributed by atoms with E-state index in [9.17, 15) is 14.9 Å². The Kier molecular flexibility index (Phi) is 3.43. The van der Waals surface area contributed by atoms with E-state index in [-0.39, 0.29) is 10.8 Å². The van der Waals surface area contributed by atoms with Gasteiger partial charge in [-0.05, 0) is 11.1 Å². The van der Waals surface area contributed by atoms with Gasteiger partial charge in [0, 0.05) is 17.2 Å². The first-order valence-corrected chi connectivity index (χ1v) is 10.3. The molecule has 2 bridgehead atoms. The number of hydrogen-bond acceptors (Lipinski definition) is 5. The summed E-state index contributed by atoms with van der Waals surface area (Å²) in [7, 11) is 0. The maximum absolute atomic E-state index is 13.6. The molecule has 3 fully saturated rings. The Morgan fingerprint density at radius 1 is 1.08 bits per heavy atom. The smallest absolute Gasteiger partial charge is 0.263 e. The Morgan fingerprint density at radius 3 is 2.38 bits per heavy atom. The average molecular weight is 384 g/mol. The first-order chi connectivity index (χ1) is 12.6. The molecule has 0 unspecified atom stereocenters. The van der Waals surface area contributed by atoms with Crippen molar-refractivity contribution in [3.8, 4) is 0 Å². The minimum atomic E-state index is -0.937. The van der Waals surface area contributed by atoms with Gasteiger partial charge in [-0.25, -0.2) is 0 Å². The number of piperidine rings is 1. The first kappa shape index (κ1) is 16.2. The number of hydrogen-bond donors (Lipinski definition) is 0. The topological polar surface area (TPSA) is 63.5 Å². The SMILES string of the molecule is O=C1N2CCS[C@@]23S[C@]1(c1ccccc1)[C@H](c1ccccc1)[C@H]3[N+](=O)[O-]. The van der Waals surface area contributed by atoms with E-state index in [2.05, 4.69) is 0 Å². The van der Waals surface area contributed by atoms with Gasteiger partial charge in [0.05, 0.1) is 5.92 Å². The van der Waals surface area contributed by atoms with Crippen LogP contribution in [-0.4, -0.2) is 38.3 Å². The second-order valence-electron chi connectivity index (χ2n) is 6.76. The highest BCUT2D eigenvalue weighted by Gasteiger charge is 2.81. The van der Waals surface area contributed by atoms with Crippen molar-refractivity contribution >= 4 is 29.4 Å². The van der Waals surface area contributed by atoms with Crippen molar-refractivity contribution in [3.63, 3.8) is 0 Å². The predicted octanol–water partition coefficient (Wildman–Crippen LogP) is 3.30. The van der Waals surface area contributed by atoms with Crippen molar-refractivity contribution in [3.05, 3.63) is 81.9 Å². The van der Waals surface area contributed by atoms with Gasteiger partial charge in [0.1, 0.15) is 4.75 Å². The molecule has 0 aromatic heterocycles. The number of thioether (sulfide) groups is 2. The lowest BCUT2D eigenvalue weighted by molar-refractivity contribution is -0.532. The van der Waals surface area contributed by atoms with Crippen LogP contribution < -0.4 is 0 Å². The molecule has 5 rings (SSSR count). The molecule has 3 heterocycles. The van der Waals surface area contributed by atoms with Gasteiger partial charge in [0.15, 0.2) is 0 Å². The lowest BCUT2D eigenvalue weighted by Gasteiger charge is -2.39. The van der Waals surface area contributed by atoms with Gasteiger partial charge >= 0.3 is 0 Å². The van der Waals surface area contributed by atoms with Gasteiger partial charge < -0.3 is 4.90 Å². The van der Waals surface area contributed by atoms with Crippen LogP contribution in [0.3, 0.4) is 0 Å². The van der Waals surface area contributed by atoms with Crippen LogP contribution >= 0.6 is 23.5 Å². The van der Waals surface area contributed by atoms with Gasteiger partial charge in [-0.15, -0.1) is 11.8 Å². The Bertz CT molecular complexity index is 894. The number of carbonyl (C=O) groups is 1. The lowest BCUT2D eigenvalue weighted by atomic mass is 9.73. The fraction of sp³-hybridized carbons (Fsp3) is 0.316. The molecule has 3 aliphatic heterocycles. The highest BCUT2D eigenvalue weighted by molar-refractivity contribution is 8.19. The Hall–Kier alpha value is -1.99. The van der Waals surface area contributed by atoms with Crippen molar-refractivity contribution in [2.45, 2.75) is 20.9 Å². The van der Waals surface area contributed by atoms with Gasteiger partial charge in [-0.2, -0.15) is 0 Å². The maximum atomic E-state index is 13.6. The summed E-state index contributed by atoms with van der Waals surface area (Å²) in [6.45, 7) is 0.580. The molecule has 1 spiro atoms. The Balaban J connectivity index is 1.80. The van der Waals surface area contributed by atoms with E-state index in [4.69, 9.17) is 0 Å². The van der Waals surface area contributed by atoms with Crippen molar-refractivity contribution in [2.75, 3.05) is 12.3 Å². The van der Waals surface area contributed by atoms with Crippen LogP contribution in [0, 0.1) is 10.1 Å². The number of nitrogens with zero attached hydrogens (tertiary/aromatic N) is 2. The third-order valence-electron chi connectivity index (χ3n) is 5.59. The molecule has 0 aliphatic carbocycles. The zero-order valence-electron chi connectivity index (χ0n) is 13.8. The summed E-state index contributed by atoms with van der Waals surface area (Å²) >= 11 is 3.06. The monoisotopic (exact) mass is 384 g/mol. The molecule has 132 valence electrons. The average Bonchev–Trinajstić information content (AvgIpc) is 3.29. The molecule has 4 atom stereocenters. The van der Waals surface area contributed by atoms with Crippen molar-refractivity contribution in [1.82, 2.24) is 4.90 Å². The number of fused-ring (bicyclic) bond motifs is 1. The third-order valence-corrected chi connectivity index (χ3v) is 9.19. The number of nitro groups is 1. The van der Waals surface area contributed by atoms with Crippen LogP contribution in [0.4, 0.5) is 0 Å². The molecule has 0 saturated carbocycles. The van der Waals surface area contributed by atoms with Crippen LogP contribution in [0.25, 0.3) is 0 Å². The van der Waals surface area contributed by atoms with E-state index in [1.165, 1.54) is 11.8 Å². The minimum absolute atomic E-state index is 0.0191. The molecule has 26 heavy (non-hydrogen) atoms. The highest BCUT2D eigenvalue weighted by Crippen LogP contribution is 2.74. The second-order valence-corrected chi connectivity index (χ2v) is 9.81. The van der Waals surface area contributed by atoms with E-state index < -0.39 is 20.9 Å². The van der Waals surface area contributed by atoms with E-state index >= 15 is 0 Å². The molecule has 0 radical (unpaired) electrons. The van der Waals surface area contributed by atoms with Crippen LogP contribution in [0.2, 0.25) is 0 Å². The zero-order chi connectivity index (χ0) is 17.9. The van der Waals surface area contributed by atoms with Crippen LogP contribution in [0.15, 0.2) is 60.7 Å². The quantitative estimate of drug-likeness (QED) is 0.600. The molecule has 2 aromatic carbocycles. The maximum Gasteiger partial charge on any atom is 0.263 e. The van der Waals surface area contributed by atoms with Crippen molar-refractivity contribution < 1.29 is 9.72 Å². The molecule has 5 nitrogen and oxygen atoms in total. The Labute approximate surface area is 159 Å². The van der Waals surface area contributed by atoms with Crippen LogP contribution in [0.1, 0.15) is 17.0 Å². The molecular formula is C19H16N2O3S2. The fourth-order valence-corrected chi connectivity index (χ4v) is 8.74. The highest BCUT2D eigenvalue weighted by atomic mass is 32.2. The van der Waals surface area contributed by atoms with Crippen molar-refractivity contribution in [1.29, 1.82) is 0 Å². The number of benzene rings is 2. The van der Waals surface area contributed by atoms with E-state index in [0.717, 1.165) is 16.9 Å². The van der Waals surface area contributed by atoms with Gasteiger partial charge in [0.25, 0.3) is 6.04 Å². The first-order valence-electron chi connectivity index (χ1n) is 8.51. The minimum Gasteiger partial charge on any atom is -0.311 e. The van der Waals surface area contributed by atoms with E-state index in [1.54, 1.807) is 16.7 Å².